The minimum atomic E-state index is 0.388. The molecule has 0 aliphatic heterocycles. The van der Waals surface area contributed by atoms with E-state index in [2.05, 4.69) is 20.8 Å². The van der Waals surface area contributed by atoms with Crippen LogP contribution in [0.15, 0.2) is 0 Å². The molecule has 2 unspecified atom stereocenters. The van der Waals surface area contributed by atoms with Gasteiger partial charge in [-0.2, -0.15) is 0 Å². The van der Waals surface area contributed by atoms with Gasteiger partial charge in [-0.05, 0) is 31.1 Å². The largest absolute Gasteiger partial charge is 0.303 e. The number of Topliss-reactive ketones (excluding diaryl/α,β-unsaturated/α-hetero) is 1. The van der Waals surface area contributed by atoms with E-state index in [1.165, 1.54) is 0 Å². The highest BCUT2D eigenvalue weighted by atomic mass is 16.1. The molecule has 0 rings (SSSR count). The fourth-order valence-electron chi connectivity index (χ4n) is 1.75. The maximum absolute atomic E-state index is 11.6. The van der Waals surface area contributed by atoms with Gasteiger partial charge in [0.05, 0.1) is 0 Å². The molecule has 0 bridgehead atoms. The SMILES string of the molecule is CCC(C)CCC(=O)CC(C)CCCC=O. The lowest BCUT2D eigenvalue weighted by Crippen LogP contribution is -2.07. The molecule has 94 valence electrons. The molecule has 0 aliphatic rings. The average molecular weight is 226 g/mol. The third kappa shape index (κ3) is 8.63. The van der Waals surface area contributed by atoms with Crippen molar-refractivity contribution in [3.8, 4) is 0 Å². The van der Waals surface area contributed by atoms with Crippen molar-refractivity contribution in [2.45, 2.75) is 65.7 Å². The fraction of sp³-hybridized carbons (Fsp3) is 0.857. The molecule has 0 saturated carbocycles. The molecule has 0 aromatic heterocycles. The van der Waals surface area contributed by atoms with Crippen molar-refractivity contribution in [1.29, 1.82) is 0 Å². The molecule has 0 amide bonds. The number of ketones is 1. The summed E-state index contributed by atoms with van der Waals surface area (Å²) in [5.41, 5.74) is 0. The van der Waals surface area contributed by atoms with Crippen LogP contribution >= 0.6 is 0 Å². The summed E-state index contributed by atoms with van der Waals surface area (Å²) < 4.78 is 0. The number of aldehydes is 1. The van der Waals surface area contributed by atoms with Crippen molar-refractivity contribution >= 4 is 12.1 Å². The first-order valence-electron chi connectivity index (χ1n) is 6.55. The quantitative estimate of drug-likeness (QED) is 0.419. The summed E-state index contributed by atoms with van der Waals surface area (Å²) in [5.74, 6) is 1.48. The second-order valence-corrected chi connectivity index (χ2v) is 5.00. The second kappa shape index (κ2) is 9.56. The molecular weight excluding hydrogens is 200 g/mol. The van der Waals surface area contributed by atoms with Crippen LogP contribution in [0.1, 0.15) is 65.7 Å². The topological polar surface area (TPSA) is 34.1 Å². The maximum atomic E-state index is 11.6. The standard InChI is InChI=1S/C14H26O2/c1-4-12(2)8-9-14(16)11-13(3)7-5-6-10-15/h10,12-13H,4-9,11H2,1-3H3. The van der Waals surface area contributed by atoms with Crippen molar-refractivity contribution in [3.05, 3.63) is 0 Å². The lowest BCUT2D eigenvalue weighted by molar-refractivity contribution is -0.120. The van der Waals surface area contributed by atoms with Crippen LogP contribution in [0.5, 0.6) is 0 Å². The minimum Gasteiger partial charge on any atom is -0.303 e. The fourth-order valence-corrected chi connectivity index (χ4v) is 1.75. The van der Waals surface area contributed by atoms with Gasteiger partial charge in [0, 0.05) is 19.3 Å². The zero-order valence-corrected chi connectivity index (χ0v) is 11.0. The molecule has 0 aromatic rings. The van der Waals surface area contributed by atoms with Crippen molar-refractivity contribution in [1.82, 2.24) is 0 Å². The van der Waals surface area contributed by atoms with Crippen LogP contribution in [0.4, 0.5) is 0 Å². The van der Waals surface area contributed by atoms with E-state index in [1.54, 1.807) is 0 Å². The average Bonchev–Trinajstić information content (AvgIpc) is 2.26. The number of carbonyl (C=O) groups excluding carboxylic acids is 2. The molecule has 0 heterocycles. The van der Waals surface area contributed by atoms with E-state index in [-0.39, 0.29) is 0 Å². The zero-order valence-electron chi connectivity index (χ0n) is 11.0. The highest BCUT2D eigenvalue weighted by Gasteiger charge is 2.10. The Balaban J connectivity index is 3.57. The van der Waals surface area contributed by atoms with Gasteiger partial charge in [0.2, 0.25) is 0 Å². The zero-order chi connectivity index (χ0) is 12.4. The normalized spacial score (nSPS) is 14.4. The Hall–Kier alpha value is -0.660. The molecule has 2 nitrogen and oxygen atoms in total. The highest BCUT2D eigenvalue weighted by molar-refractivity contribution is 5.78. The molecule has 0 aromatic carbocycles. The van der Waals surface area contributed by atoms with Crippen LogP contribution in [-0.4, -0.2) is 12.1 Å². The van der Waals surface area contributed by atoms with E-state index >= 15 is 0 Å². The molecule has 0 radical (unpaired) electrons. The Labute approximate surface area is 99.8 Å². The van der Waals surface area contributed by atoms with Crippen LogP contribution in [0.2, 0.25) is 0 Å². The van der Waals surface area contributed by atoms with E-state index in [4.69, 9.17) is 0 Å². The summed E-state index contributed by atoms with van der Waals surface area (Å²) in [4.78, 5) is 21.8. The Bertz CT molecular complexity index is 199. The highest BCUT2D eigenvalue weighted by Crippen LogP contribution is 2.16. The first kappa shape index (κ1) is 15.3. The van der Waals surface area contributed by atoms with Crippen LogP contribution < -0.4 is 0 Å². The number of rotatable bonds is 10. The van der Waals surface area contributed by atoms with Crippen molar-refractivity contribution in [2.24, 2.45) is 11.8 Å². The Morgan fingerprint density at radius 3 is 2.44 bits per heavy atom. The third-order valence-corrected chi connectivity index (χ3v) is 3.21. The van der Waals surface area contributed by atoms with Crippen LogP contribution in [0.25, 0.3) is 0 Å². The summed E-state index contributed by atoms with van der Waals surface area (Å²) >= 11 is 0. The van der Waals surface area contributed by atoms with E-state index in [0.29, 0.717) is 30.5 Å². The van der Waals surface area contributed by atoms with Crippen LogP contribution in [-0.2, 0) is 9.59 Å². The summed E-state index contributed by atoms with van der Waals surface area (Å²) in [6.45, 7) is 6.46. The number of unbranched alkanes of at least 4 members (excludes halogenated alkanes) is 1. The molecule has 0 N–H and O–H groups in total. The predicted octanol–water partition coefficient (Wildman–Crippen LogP) is 3.78. The van der Waals surface area contributed by atoms with Gasteiger partial charge in [-0.1, -0.05) is 27.2 Å². The predicted molar refractivity (Wildman–Crippen MR) is 67.4 cm³/mol. The third-order valence-electron chi connectivity index (χ3n) is 3.21. The summed E-state index contributed by atoms with van der Waals surface area (Å²) in [5, 5.41) is 0. The van der Waals surface area contributed by atoms with Crippen molar-refractivity contribution in [3.63, 3.8) is 0 Å². The van der Waals surface area contributed by atoms with Gasteiger partial charge < -0.3 is 4.79 Å². The number of hydrogen-bond acceptors (Lipinski definition) is 2. The van der Waals surface area contributed by atoms with Gasteiger partial charge in [-0.25, -0.2) is 0 Å². The molecule has 0 spiro atoms. The molecule has 0 aliphatic carbocycles. The smallest absolute Gasteiger partial charge is 0.133 e. The van der Waals surface area contributed by atoms with E-state index in [0.717, 1.165) is 38.4 Å². The van der Waals surface area contributed by atoms with Gasteiger partial charge >= 0.3 is 0 Å². The van der Waals surface area contributed by atoms with Gasteiger partial charge in [0.15, 0.2) is 0 Å². The molecule has 0 saturated heterocycles. The van der Waals surface area contributed by atoms with Gasteiger partial charge in [-0.15, -0.1) is 0 Å². The van der Waals surface area contributed by atoms with Crippen LogP contribution in [0, 0.1) is 11.8 Å². The molecule has 16 heavy (non-hydrogen) atoms. The van der Waals surface area contributed by atoms with E-state index < -0.39 is 0 Å². The molecule has 2 atom stereocenters. The first-order chi connectivity index (χ1) is 7.60. The molecule has 2 heteroatoms. The summed E-state index contributed by atoms with van der Waals surface area (Å²) in [7, 11) is 0. The maximum Gasteiger partial charge on any atom is 0.133 e. The van der Waals surface area contributed by atoms with E-state index in [9.17, 15) is 9.59 Å². The number of hydrogen-bond donors (Lipinski definition) is 0. The summed E-state index contributed by atoms with van der Waals surface area (Å²) in [6.07, 6.45) is 7.10. The minimum absolute atomic E-state index is 0.388. The number of carbonyl (C=O) groups is 2. The van der Waals surface area contributed by atoms with E-state index in [1.807, 2.05) is 0 Å². The monoisotopic (exact) mass is 226 g/mol. The van der Waals surface area contributed by atoms with Crippen molar-refractivity contribution < 1.29 is 9.59 Å². The Morgan fingerprint density at radius 2 is 1.88 bits per heavy atom. The van der Waals surface area contributed by atoms with Gasteiger partial charge in [-0.3, -0.25) is 4.79 Å². The first-order valence-corrected chi connectivity index (χ1v) is 6.55. The van der Waals surface area contributed by atoms with Crippen molar-refractivity contribution in [2.75, 3.05) is 0 Å². The van der Waals surface area contributed by atoms with Gasteiger partial charge in [0.1, 0.15) is 12.1 Å². The lowest BCUT2D eigenvalue weighted by atomic mass is 9.94. The van der Waals surface area contributed by atoms with Crippen LogP contribution in [0.3, 0.4) is 0 Å². The Morgan fingerprint density at radius 1 is 1.19 bits per heavy atom. The summed E-state index contributed by atoms with van der Waals surface area (Å²) in [6, 6.07) is 0. The molecule has 0 fully saturated rings. The Kier molecular flexibility index (Phi) is 9.16. The second-order valence-electron chi connectivity index (χ2n) is 5.00. The molecular formula is C14H26O2. The van der Waals surface area contributed by atoms with Gasteiger partial charge in [0.25, 0.3) is 0 Å². The lowest BCUT2D eigenvalue weighted by Gasteiger charge is -2.11.